The van der Waals surface area contributed by atoms with Gasteiger partial charge in [-0.2, -0.15) is 0 Å². The molecule has 0 saturated heterocycles. The molecule has 18 heavy (non-hydrogen) atoms. The van der Waals surface area contributed by atoms with Crippen LogP contribution in [0.3, 0.4) is 0 Å². The van der Waals surface area contributed by atoms with E-state index < -0.39 is 5.97 Å². The number of esters is 1. The molecule has 0 saturated carbocycles. The van der Waals surface area contributed by atoms with Crippen LogP contribution in [0.25, 0.3) is 10.9 Å². The van der Waals surface area contributed by atoms with Crippen LogP contribution >= 0.6 is 15.9 Å². The van der Waals surface area contributed by atoms with Gasteiger partial charge in [-0.1, -0.05) is 15.9 Å². The summed E-state index contributed by atoms with van der Waals surface area (Å²) in [6, 6.07) is 3.10. The number of benzene rings is 1. The second-order valence-corrected chi connectivity index (χ2v) is 4.89. The number of nitrogens with one attached hydrogen (secondary N) is 1. The van der Waals surface area contributed by atoms with Crippen molar-refractivity contribution < 1.29 is 9.53 Å². The average molecular weight is 310 g/mol. The molecule has 5 heteroatoms. The van der Waals surface area contributed by atoms with Crippen LogP contribution in [0.4, 0.5) is 0 Å². The maximum atomic E-state index is 12.1. The number of pyridine rings is 1. The number of carbonyl (C=O) groups excluding carboxylic acids is 1. The first-order valence-electron chi connectivity index (χ1n) is 5.36. The second kappa shape index (κ2) is 4.57. The lowest BCUT2D eigenvalue weighted by Gasteiger charge is -2.09. The molecule has 1 heterocycles. The Morgan fingerprint density at radius 2 is 2.00 bits per heavy atom. The fourth-order valence-electron chi connectivity index (χ4n) is 1.98. The van der Waals surface area contributed by atoms with Gasteiger partial charge in [0, 0.05) is 15.9 Å². The van der Waals surface area contributed by atoms with Crippen LogP contribution in [-0.4, -0.2) is 18.1 Å². The number of methoxy groups -OCH3 is 1. The van der Waals surface area contributed by atoms with E-state index >= 15 is 0 Å². The van der Waals surface area contributed by atoms with E-state index in [2.05, 4.69) is 25.7 Å². The first-order valence-corrected chi connectivity index (χ1v) is 6.16. The maximum absolute atomic E-state index is 12.1. The number of ether oxygens (including phenoxy) is 1. The summed E-state index contributed by atoms with van der Waals surface area (Å²) in [6.45, 7) is 3.80. The zero-order valence-electron chi connectivity index (χ0n) is 10.3. The monoisotopic (exact) mass is 309 g/mol. The van der Waals surface area contributed by atoms with Gasteiger partial charge in [0.25, 0.3) is 0 Å². The normalized spacial score (nSPS) is 10.7. The SMILES string of the molecule is COC(=O)c1cc(=O)c2c(C)c(Br)c(C)cc2[nH]1. The van der Waals surface area contributed by atoms with Gasteiger partial charge in [0.1, 0.15) is 5.69 Å². The van der Waals surface area contributed by atoms with Gasteiger partial charge in [-0.25, -0.2) is 4.79 Å². The Labute approximate surface area is 112 Å². The van der Waals surface area contributed by atoms with Crippen LogP contribution in [0.1, 0.15) is 21.6 Å². The molecule has 1 aromatic heterocycles. The lowest BCUT2D eigenvalue weighted by Crippen LogP contribution is -2.12. The number of rotatable bonds is 1. The van der Waals surface area contributed by atoms with Gasteiger partial charge in [0.2, 0.25) is 0 Å². The third-order valence-corrected chi connectivity index (χ3v) is 4.10. The summed E-state index contributed by atoms with van der Waals surface area (Å²) in [6.07, 6.45) is 0. The van der Waals surface area contributed by atoms with Crippen LogP contribution in [0, 0.1) is 13.8 Å². The minimum Gasteiger partial charge on any atom is -0.464 e. The molecule has 0 radical (unpaired) electrons. The van der Waals surface area contributed by atoms with Crippen LogP contribution in [0.2, 0.25) is 0 Å². The van der Waals surface area contributed by atoms with Crippen LogP contribution in [-0.2, 0) is 4.74 Å². The lowest BCUT2D eigenvalue weighted by atomic mass is 10.1. The Morgan fingerprint density at radius 3 is 2.61 bits per heavy atom. The van der Waals surface area contributed by atoms with E-state index in [9.17, 15) is 9.59 Å². The molecule has 0 aliphatic heterocycles. The van der Waals surface area contributed by atoms with Gasteiger partial charge in [-0.15, -0.1) is 0 Å². The lowest BCUT2D eigenvalue weighted by molar-refractivity contribution is 0.0594. The number of aromatic amines is 1. The van der Waals surface area contributed by atoms with Crippen molar-refractivity contribution in [2.24, 2.45) is 0 Å². The largest absolute Gasteiger partial charge is 0.464 e. The van der Waals surface area contributed by atoms with Crippen molar-refractivity contribution in [3.63, 3.8) is 0 Å². The van der Waals surface area contributed by atoms with E-state index in [4.69, 9.17) is 0 Å². The van der Waals surface area contributed by atoms with Crippen LogP contribution in [0.5, 0.6) is 0 Å². The molecule has 1 aromatic carbocycles. The van der Waals surface area contributed by atoms with E-state index in [-0.39, 0.29) is 11.1 Å². The van der Waals surface area contributed by atoms with E-state index in [1.54, 1.807) is 0 Å². The van der Waals surface area contributed by atoms with Gasteiger partial charge < -0.3 is 9.72 Å². The zero-order valence-corrected chi connectivity index (χ0v) is 11.8. The highest BCUT2D eigenvalue weighted by Gasteiger charge is 2.13. The zero-order chi connectivity index (χ0) is 13.4. The van der Waals surface area contributed by atoms with Gasteiger partial charge in [-0.3, -0.25) is 4.79 Å². The molecule has 0 spiro atoms. The van der Waals surface area contributed by atoms with Crippen LogP contribution in [0.15, 0.2) is 21.4 Å². The number of aromatic nitrogens is 1. The van der Waals surface area contributed by atoms with E-state index in [0.717, 1.165) is 15.6 Å². The molecule has 2 rings (SSSR count). The summed E-state index contributed by atoms with van der Waals surface area (Å²) in [7, 11) is 1.28. The van der Waals surface area contributed by atoms with Gasteiger partial charge in [-0.05, 0) is 31.0 Å². The Bertz CT molecular complexity index is 703. The molecule has 1 N–H and O–H groups in total. The minimum atomic E-state index is -0.549. The van der Waals surface area contributed by atoms with Crippen molar-refractivity contribution in [1.29, 1.82) is 0 Å². The Morgan fingerprint density at radius 1 is 1.33 bits per heavy atom. The number of halogens is 1. The average Bonchev–Trinajstić information content (AvgIpc) is 2.34. The van der Waals surface area contributed by atoms with Crippen LogP contribution < -0.4 is 5.43 Å². The molecule has 4 nitrogen and oxygen atoms in total. The molecular weight excluding hydrogens is 298 g/mol. The molecule has 0 bridgehead atoms. The molecule has 0 aliphatic rings. The van der Waals surface area contributed by atoms with Gasteiger partial charge >= 0.3 is 5.97 Å². The Hall–Kier alpha value is -1.62. The Kier molecular flexibility index (Phi) is 3.26. The first-order chi connectivity index (χ1) is 8.45. The number of H-pyrrole nitrogens is 1. The summed E-state index contributed by atoms with van der Waals surface area (Å²) in [5, 5.41) is 0.583. The number of fused-ring (bicyclic) bond motifs is 1. The number of hydrogen-bond donors (Lipinski definition) is 1. The number of carbonyl (C=O) groups is 1. The van der Waals surface area contributed by atoms with Crippen molar-refractivity contribution >= 4 is 32.8 Å². The summed E-state index contributed by atoms with van der Waals surface area (Å²) < 4.78 is 5.51. The highest BCUT2D eigenvalue weighted by Crippen LogP contribution is 2.26. The van der Waals surface area contributed by atoms with Crippen molar-refractivity contribution in [2.45, 2.75) is 13.8 Å². The molecule has 0 aliphatic carbocycles. The van der Waals surface area contributed by atoms with Crippen molar-refractivity contribution in [3.05, 3.63) is 43.6 Å². The topological polar surface area (TPSA) is 59.2 Å². The minimum absolute atomic E-state index is 0.163. The Balaban J connectivity index is 2.87. The fraction of sp³-hybridized carbons (Fsp3) is 0.231. The molecular formula is C13H12BrNO3. The molecule has 0 amide bonds. The van der Waals surface area contributed by atoms with Gasteiger partial charge in [0.15, 0.2) is 5.43 Å². The van der Waals surface area contributed by atoms with Crippen molar-refractivity contribution in [2.75, 3.05) is 7.11 Å². The summed E-state index contributed by atoms with van der Waals surface area (Å²) in [5.74, 6) is -0.549. The molecule has 0 atom stereocenters. The predicted molar refractivity (Wildman–Crippen MR) is 73.1 cm³/mol. The smallest absolute Gasteiger partial charge is 0.354 e. The van der Waals surface area contributed by atoms with E-state index in [1.165, 1.54) is 13.2 Å². The molecule has 0 unspecified atom stereocenters. The third kappa shape index (κ3) is 1.95. The van der Waals surface area contributed by atoms with Crippen molar-refractivity contribution in [3.8, 4) is 0 Å². The second-order valence-electron chi connectivity index (χ2n) is 4.09. The fourth-order valence-corrected chi connectivity index (χ4v) is 2.29. The predicted octanol–water partition coefficient (Wildman–Crippen LogP) is 2.69. The quantitative estimate of drug-likeness (QED) is 0.824. The highest BCUT2D eigenvalue weighted by atomic mass is 79.9. The first kappa shape index (κ1) is 12.8. The van der Waals surface area contributed by atoms with Gasteiger partial charge in [0.05, 0.1) is 12.6 Å². The summed E-state index contributed by atoms with van der Waals surface area (Å²) in [5.41, 5.74) is 2.47. The maximum Gasteiger partial charge on any atom is 0.354 e. The van der Waals surface area contributed by atoms with Crippen molar-refractivity contribution in [1.82, 2.24) is 4.98 Å². The standard InChI is InChI=1S/C13H12BrNO3/c1-6-4-8-11(7(2)12(6)14)10(16)5-9(15-8)13(17)18-3/h4-5H,1-3H3,(H,15,16). The molecule has 0 fully saturated rings. The number of aryl methyl sites for hydroxylation is 2. The third-order valence-electron chi connectivity index (χ3n) is 2.88. The molecule has 94 valence electrons. The summed E-state index contributed by atoms with van der Waals surface area (Å²) in [4.78, 5) is 26.4. The number of hydrogen-bond acceptors (Lipinski definition) is 3. The molecule has 2 aromatic rings. The van der Waals surface area contributed by atoms with E-state index in [1.807, 2.05) is 19.9 Å². The highest BCUT2D eigenvalue weighted by molar-refractivity contribution is 9.10. The summed E-state index contributed by atoms with van der Waals surface area (Å²) >= 11 is 3.45. The van der Waals surface area contributed by atoms with E-state index in [0.29, 0.717) is 10.9 Å².